The molecule has 0 aliphatic rings. The molecule has 31 heavy (non-hydrogen) atoms. The number of aryl methyl sites for hydroxylation is 1. The van der Waals surface area contributed by atoms with E-state index in [0.717, 1.165) is 17.8 Å². The van der Waals surface area contributed by atoms with Crippen molar-refractivity contribution < 1.29 is 19.1 Å². The minimum atomic E-state index is -0.550. The molecule has 0 aliphatic heterocycles. The summed E-state index contributed by atoms with van der Waals surface area (Å²) in [5, 5.41) is 5.39. The molecule has 0 aliphatic carbocycles. The van der Waals surface area contributed by atoms with Gasteiger partial charge in [0.2, 0.25) is 0 Å². The Labute approximate surface area is 183 Å². The second-order valence-corrected chi connectivity index (χ2v) is 7.46. The number of amides is 2. The van der Waals surface area contributed by atoms with Crippen LogP contribution in [0.3, 0.4) is 0 Å². The van der Waals surface area contributed by atoms with E-state index in [2.05, 4.69) is 36.3 Å². The summed E-state index contributed by atoms with van der Waals surface area (Å²) < 4.78 is 4.99. The molecule has 2 amide bonds. The highest BCUT2D eigenvalue weighted by Gasteiger charge is 2.12. The lowest BCUT2D eigenvalue weighted by molar-refractivity contribution is -0.147. The van der Waals surface area contributed by atoms with Gasteiger partial charge in [0.05, 0.1) is 6.42 Å². The molecule has 0 spiro atoms. The van der Waals surface area contributed by atoms with Crippen molar-refractivity contribution >= 4 is 29.2 Å². The minimum Gasteiger partial charge on any atom is -0.456 e. The van der Waals surface area contributed by atoms with E-state index in [1.54, 1.807) is 12.1 Å². The molecule has 0 bridgehead atoms. The Kier molecular flexibility index (Phi) is 9.06. The van der Waals surface area contributed by atoms with Crippen LogP contribution in [0.15, 0.2) is 48.5 Å². The van der Waals surface area contributed by atoms with Crippen molar-refractivity contribution in [2.45, 2.75) is 40.2 Å². The molecule has 166 valence electrons. The summed E-state index contributed by atoms with van der Waals surface area (Å²) in [6.45, 7) is 8.85. The molecule has 0 unspecified atom stereocenters. The SMILES string of the molecule is CCN(c1ccc(NC(=O)COC(=O)CCNC(=O)c2ccccc2C)cc1)C(C)C. The molecule has 0 saturated carbocycles. The number of esters is 1. The zero-order chi connectivity index (χ0) is 22.8. The Balaban J connectivity index is 1.71. The molecule has 0 radical (unpaired) electrons. The van der Waals surface area contributed by atoms with E-state index in [9.17, 15) is 14.4 Å². The Bertz CT molecular complexity index is 894. The maximum absolute atomic E-state index is 12.1. The summed E-state index contributed by atoms with van der Waals surface area (Å²) in [6.07, 6.45) is -0.0122. The fourth-order valence-corrected chi connectivity index (χ4v) is 3.20. The third-order valence-electron chi connectivity index (χ3n) is 4.82. The monoisotopic (exact) mass is 425 g/mol. The molecule has 2 rings (SSSR count). The van der Waals surface area contributed by atoms with Crippen molar-refractivity contribution in [3.63, 3.8) is 0 Å². The van der Waals surface area contributed by atoms with Crippen molar-refractivity contribution in [2.75, 3.05) is 29.9 Å². The molecule has 0 atom stereocenters. The normalized spacial score (nSPS) is 10.5. The number of carbonyl (C=O) groups is 3. The number of ether oxygens (including phenoxy) is 1. The lowest BCUT2D eigenvalue weighted by atomic mass is 10.1. The first-order valence-corrected chi connectivity index (χ1v) is 10.5. The molecule has 0 heterocycles. The first-order chi connectivity index (χ1) is 14.8. The Morgan fingerprint density at radius 2 is 1.71 bits per heavy atom. The summed E-state index contributed by atoms with van der Waals surface area (Å²) in [6, 6.07) is 15.1. The van der Waals surface area contributed by atoms with Gasteiger partial charge in [-0.1, -0.05) is 18.2 Å². The van der Waals surface area contributed by atoms with Gasteiger partial charge in [0.15, 0.2) is 6.61 Å². The third kappa shape index (κ3) is 7.44. The fourth-order valence-electron chi connectivity index (χ4n) is 3.20. The van der Waals surface area contributed by atoms with Gasteiger partial charge in [0.25, 0.3) is 11.8 Å². The maximum atomic E-state index is 12.1. The Morgan fingerprint density at radius 1 is 1.03 bits per heavy atom. The van der Waals surface area contributed by atoms with Gasteiger partial charge >= 0.3 is 5.97 Å². The Morgan fingerprint density at radius 3 is 2.32 bits per heavy atom. The van der Waals surface area contributed by atoms with E-state index in [1.165, 1.54) is 0 Å². The Hall–Kier alpha value is -3.35. The number of carbonyl (C=O) groups excluding carboxylic acids is 3. The average Bonchev–Trinajstić information content (AvgIpc) is 2.74. The first-order valence-electron chi connectivity index (χ1n) is 10.5. The van der Waals surface area contributed by atoms with Crippen LogP contribution < -0.4 is 15.5 Å². The maximum Gasteiger partial charge on any atom is 0.308 e. The van der Waals surface area contributed by atoms with Crippen molar-refractivity contribution in [1.29, 1.82) is 0 Å². The summed E-state index contributed by atoms with van der Waals surface area (Å²) in [4.78, 5) is 38.2. The number of hydrogen-bond acceptors (Lipinski definition) is 5. The highest BCUT2D eigenvalue weighted by molar-refractivity contribution is 5.96. The van der Waals surface area contributed by atoms with Crippen LogP contribution >= 0.6 is 0 Å². The smallest absolute Gasteiger partial charge is 0.308 e. The lowest BCUT2D eigenvalue weighted by Crippen LogP contribution is -2.30. The number of nitrogens with one attached hydrogen (secondary N) is 2. The summed E-state index contributed by atoms with van der Waals surface area (Å²) in [5.74, 6) is -1.21. The van der Waals surface area contributed by atoms with Crippen LogP contribution in [0.5, 0.6) is 0 Å². The van der Waals surface area contributed by atoms with Crippen LogP contribution in [0.25, 0.3) is 0 Å². The van der Waals surface area contributed by atoms with Gasteiger partial charge in [-0.25, -0.2) is 0 Å². The zero-order valence-corrected chi connectivity index (χ0v) is 18.6. The zero-order valence-electron chi connectivity index (χ0n) is 18.6. The van der Waals surface area contributed by atoms with Crippen LogP contribution in [0, 0.1) is 6.92 Å². The second kappa shape index (κ2) is 11.7. The van der Waals surface area contributed by atoms with Crippen molar-refractivity contribution in [2.24, 2.45) is 0 Å². The van der Waals surface area contributed by atoms with Gasteiger partial charge in [0.1, 0.15) is 0 Å². The number of benzene rings is 2. The highest BCUT2D eigenvalue weighted by Crippen LogP contribution is 2.19. The number of nitrogens with zero attached hydrogens (tertiary/aromatic N) is 1. The summed E-state index contributed by atoms with van der Waals surface area (Å²) in [5.41, 5.74) is 3.14. The minimum absolute atomic E-state index is 0.0122. The predicted molar refractivity (Wildman–Crippen MR) is 122 cm³/mol. The topological polar surface area (TPSA) is 87.7 Å². The van der Waals surface area contributed by atoms with Crippen LogP contribution in [0.1, 0.15) is 43.1 Å². The number of rotatable bonds is 10. The standard InChI is InChI=1S/C24H31N3O4/c1-5-27(17(2)3)20-12-10-19(11-13-20)26-22(28)16-31-23(29)14-15-25-24(30)21-9-7-6-8-18(21)4/h6-13,17H,5,14-16H2,1-4H3,(H,25,30)(H,26,28). The molecular weight excluding hydrogens is 394 g/mol. The van der Waals surface area contributed by atoms with Gasteiger partial charge in [-0.2, -0.15) is 0 Å². The molecular formula is C24H31N3O4. The van der Waals surface area contributed by atoms with Crippen LogP contribution in [0.2, 0.25) is 0 Å². The van der Waals surface area contributed by atoms with E-state index in [0.29, 0.717) is 17.3 Å². The quantitative estimate of drug-likeness (QED) is 0.569. The molecule has 0 saturated heterocycles. The fraction of sp³-hybridized carbons (Fsp3) is 0.375. The van der Waals surface area contributed by atoms with Gasteiger partial charge < -0.3 is 20.3 Å². The van der Waals surface area contributed by atoms with E-state index in [-0.39, 0.29) is 25.5 Å². The molecule has 2 aromatic carbocycles. The third-order valence-corrected chi connectivity index (χ3v) is 4.82. The number of anilines is 2. The molecule has 2 aromatic rings. The van der Waals surface area contributed by atoms with E-state index in [1.807, 2.05) is 43.3 Å². The van der Waals surface area contributed by atoms with Crippen LogP contribution in [-0.2, 0) is 14.3 Å². The van der Waals surface area contributed by atoms with Crippen molar-refractivity contribution in [3.8, 4) is 0 Å². The molecule has 0 fully saturated rings. The molecule has 0 aromatic heterocycles. The van der Waals surface area contributed by atoms with E-state index in [4.69, 9.17) is 4.74 Å². The van der Waals surface area contributed by atoms with Crippen molar-refractivity contribution in [1.82, 2.24) is 5.32 Å². The largest absolute Gasteiger partial charge is 0.456 e. The second-order valence-electron chi connectivity index (χ2n) is 7.46. The van der Waals surface area contributed by atoms with Crippen LogP contribution in [-0.4, -0.2) is 43.5 Å². The summed E-state index contributed by atoms with van der Waals surface area (Å²) >= 11 is 0. The predicted octanol–water partition coefficient (Wildman–Crippen LogP) is 3.53. The van der Waals surface area contributed by atoms with Gasteiger partial charge in [-0.15, -0.1) is 0 Å². The highest BCUT2D eigenvalue weighted by atomic mass is 16.5. The van der Waals surface area contributed by atoms with Gasteiger partial charge in [-0.3, -0.25) is 14.4 Å². The molecule has 7 heteroatoms. The van der Waals surface area contributed by atoms with Crippen molar-refractivity contribution in [3.05, 3.63) is 59.7 Å². The molecule has 2 N–H and O–H groups in total. The number of hydrogen-bond donors (Lipinski definition) is 2. The van der Waals surface area contributed by atoms with E-state index < -0.39 is 11.9 Å². The van der Waals surface area contributed by atoms with Gasteiger partial charge in [-0.05, 0) is 63.6 Å². The lowest BCUT2D eigenvalue weighted by Gasteiger charge is -2.27. The summed E-state index contributed by atoms with van der Waals surface area (Å²) in [7, 11) is 0. The first kappa shape index (κ1) is 23.9. The molecule has 7 nitrogen and oxygen atoms in total. The van der Waals surface area contributed by atoms with Crippen LogP contribution in [0.4, 0.5) is 11.4 Å². The average molecular weight is 426 g/mol. The van der Waals surface area contributed by atoms with E-state index >= 15 is 0 Å². The van der Waals surface area contributed by atoms with Gasteiger partial charge in [0, 0.05) is 36.1 Å².